The molecule has 8 N–H and O–H groups in total. The lowest BCUT2D eigenvalue weighted by molar-refractivity contribution is -0.137. The van der Waals surface area contributed by atoms with E-state index in [1.165, 1.54) is 11.5 Å². The number of nitrogens with one attached hydrogen (secondary N) is 2. The van der Waals surface area contributed by atoms with Crippen LogP contribution >= 0.6 is 15.6 Å². The third-order valence-electron chi connectivity index (χ3n) is 7.18. The molecule has 3 fully saturated rings. The zero-order valence-electron chi connectivity index (χ0n) is 22.5. The minimum absolute atomic E-state index is 0.00572. The first-order valence-corrected chi connectivity index (χ1v) is 15.9. The van der Waals surface area contributed by atoms with Gasteiger partial charge in [-0.05, 0) is 6.92 Å². The van der Waals surface area contributed by atoms with Gasteiger partial charge in [0.25, 0.3) is 11.1 Å². The van der Waals surface area contributed by atoms with E-state index in [1.54, 1.807) is 0 Å². The average molecular weight is 675 g/mol. The molecule has 0 bridgehead atoms. The molecule has 4 aromatic heterocycles. The van der Waals surface area contributed by atoms with Crippen molar-refractivity contribution in [1.82, 2.24) is 39.0 Å². The standard InChI is InChI=1S/C20H23N9O14P2/c1-5-24-13-7(15(32)25-5)22-3-28(13)17-9(30)11-6(39-17)2-38-44(34,35)42-12-10(31)18(40-19(12)43-45(36,37)41-11)29-4-23-8-14(29)26-20(21)27-16(8)33/h3-4,6,9-12,17-19,30-31H,2H2,1H3,(H,34,35)(H,36,37)(H,24,25,32)(H3,21,26,27,33)/t6-,9?,10?,11+,12-,17-,18-,19-/m1/s1. The van der Waals surface area contributed by atoms with Crippen molar-refractivity contribution in [1.29, 1.82) is 0 Å². The Morgan fingerprint density at radius 2 is 1.44 bits per heavy atom. The van der Waals surface area contributed by atoms with Gasteiger partial charge in [-0.1, -0.05) is 0 Å². The van der Waals surface area contributed by atoms with Crippen LogP contribution in [0.15, 0.2) is 22.2 Å². The molecule has 3 aliphatic heterocycles. The second-order valence-electron chi connectivity index (χ2n) is 10.2. The van der Waals surface area contributed by atoms with Crippen molar-refractivity contribution in [2.45, 2.75) is 56.2 Å². The molecule has 4 unspecified atom stereocenters. The summed E-state index contributed by atoms with van der Waals surface area (Å²) in [4.78, 5) is 66.5. The highest BCUT2D eigenvalue weighted by Crippen LogP contribution is 2.56. The lowest BCUT2D eigenvalue weighted by atomic mass is 10.1. The van der Waals surface area contributed by atoms with Gasteiger partial charge in [0.2, 0.25) is 12.2 Å². The summed E-state index contributed by atoms with van der Waals surface area (Å²) in [7, 11) is -10.4. The molecule has 0 amide bonds. The fraction of sp³-hybridized carbons (Fsp3) is 0.500. The third-order valence-corrected chi connectivity index (χ3v) is 9.15. The van der Waals surface area contributed by atoms with Gasteiger partial charge in [0.1, 0.15) is 30.2 Å². The normalized spacial score (nSPS) is 37.4. The summed E-state index contributed by atoms with van der Waals surface area (Å²) >= 11 is 0. The molecule has 0 aromatic carbocycles. The number of phosphoric ester groups is 2. The topological polar surface area (TPSA) is 324 Å². The monoisotopic (exact) mass is 675 g/mol. The number of aromatic amines is 2. The molecule has 0 spiro atoms. The van der Waals surface area contributed by atoms with Gasteiger partial charge in [0, 0.05) is 0 Å². The minimum Gasteiger partial charge on any atom is -0.386 e. The highest BCUT2D eigenvalue weighted by Gasteiger charge is 2.56. The van der Waals surface area contributed by atoms with Crippen molar-refractivity contribution in [3.05, 3.63) is 39.2 Å². The maximum Gasteiger partial charge on any atom is 0.475 e. The van der Waals surface area contributed by atoms with Gasteiger partial charge < -0.3 is 40.2 Å². The van der Waals surface area contributed by atoms with E-state index in [-0.39, 0.29) is 34.1 Å². The number of aliphatic hydroxyl groups excluding tert-OH is 2. The third kappa shape index (κ3) is 5.21. The summed E-state index contributed by atoms with van der Waals surface area (Å²) in [6.45, 7) is 0.658. The van der Waals surface area contributed by atoms with E-state index >= 15 is 0 Å². The van der Waals surface area contributed by atoms with E-state index in [0.29, 0.717) is 0 Å². The second-order valence-corrected chi connectivity index (χ2v) is 12.9. The molecule has 3 saturated heterocycles. The number of phosphoric acid groups is 2. The minimum atomic E-state index is -5.30. The van der Waals surface area contributed by atoms with Gasteiger partial charge in [-0.25, -0.2) is 24.1 Å². The van der Waals surface area contributed by atoms with Crippen LogP contribution < -0.4 is 16.9 Å². The molecule has 242 valence electrons. The van der Waals surface area contributed by atoms with Crippen LogP contribution in [0.2, 0.25) is 0 Å². The molecule has 3 aliphatic rings. The molecule has 23 nitrogen and oxygen atoms in total. The summed E-state index contributed by atoms with van der Waals surface area (Å²) in [5.41, 5.74) is 3.82. The highest BCUT2D eigenvalue weighted by atomic mass is 31.2. The Bertz CT molecular complexity index is 2030. The molecule has 4 aromatic rings. The number of anilines is 1. The zero-order valence-corrected chi connectivity index (χ0v) is 24.3. The first-order valence-electron chi connectivity index (χ1n) is 12.9. The van der Waals surface area contributed by atoms with Crippen LogP contribution in [0.25, 0.3) is 22.3 Å². The lowest BCUT2D eigenvalue weighted by Gasteiger charge is -2.24. The number of nitrogens with zero attached hydrogens (tertiary/aromatic N) is 6. The van der Waals surface area contributed by atoms with Crippen LogP contribution in [0, 0.1) is 6.92 Å². The first-order chi connectivity index (χ1) is 21.2. The van der Waals surface area contributed by atoms with Crippen molar-refractivity contribution in [2.24, 2.45) is 0 Å². The van der Waals surface area contributed by atoms with E-state index in [4.69, 9.17) is 33.3 Å². The highest BCUT2D eigenvalue weighted by molar-refractivity contribution is 7.47. The van der Waals surface area contributed by atoms with Crippen LogP contribution in [-0.2, 0) is 36.7 Å². The van der Waals surface area contributed by atoms with Crippen LogP contribution in [0.1, 0.15) is 18.3 Å². The smallest absolute Gasteiger partial charge is 0.386 e. The van der Waals surface area contributed by atoms with Crippen molar-refractivity contribution in [3.63, 3.8) is 0 Å². The number of fused-ring (bicyclic) bond motifs is 4. The summed E-state index contributed by atoms with van der Waals surface area (Å²) in [6.07, 6.45) is -11.9. The zero-order chi connectivity index (χ0) is 32.0. The van der Waals surface area contributed by atoms with Gasteiger partial charge in [0.15, 0.2) is 40.9 Å². The number of aryl methyl sites for hydroxylation is 1. The predicted octanol–water partition coefficient (Wildman–Crippen LogP) is -2.36. The molecule has 7 rings (SSSR count). The Labute approximate surface area is 247 Å². The quantitative estimate of drug-likeness (QED) is 0.109. The fourth-order valence-electron chi connectivity index (χ4n) is 5.27. The molecule has 7 heterocycles. The molecule has 0 radical (unpaired) electrons. The number of aromatic nitrogens is 8. The van der Waals surface area contributed by atoms with Gasteiger partial charge in [0.05, 0.1) is 19.3 Å². The van der Waals surface area contributed by atoms with Crippen LogP contribution in [0.3, 0.4) is 0 Å². The van der Waals surface area contributed by atoms with Gasteiger partial charge in [-0.2, -0.15) is 4.98 Å². The molecule has 25 heteroatoms. The van der Waals surface area contributed by atoms with E-state index < -0.39 is 82.6 Å². The number of hydrogen-bond donors (Lipinski definition) is 7. The predicted molar refractivity (Wildman–Crippen MR) is 142 cm³/mol. The Morgan fingerprint density at radius 1 is 0.867 bits per heavy atom. The number of ether oxygens (including phenoxy) is 2. The van der Waals surface area contributed by atoms with Gasteiger partial charge in [-0.15, -0.1) is 0 Å². The number of imidazole rings is 2. The molecule has 45 heavy (non-hydrogen) atoms. The number of nitrogens with two attached hydrogens (primary N) is 1. The SMILES string of the molecule is Cc1nc2c(ncn2[C@@H]2O[C@@H]3COP(=O)(O)O[C@@H]4C(O)[C@H](n5cnc6c(=O)[nH]c(N)nc65)O[C@@H]4OP(=O)(O)O[C@@H]3C2O)c(=O)[nH]1. The van der Waals surface area contributed by atoms with E-state index in [2.05, 4.69) is 29.9 Å². The first kappa shape index (κ1) is 30.2. The molecular weight excluding hydrogens is 652 g/mol. The molecule has 0 saturated carbocycles. The average Bonchev–Trinajstić information content (AvgIpc) is 3.69. The second kappa shape index (κ2) is 10.6. The Hall–Kier alpha value is -3.44. The summed E-state index contributed by atoms with van der Waals surface area (Å²) in [6, 6.07) is 0. The van der Waals surface area contributed by atoms with E-state index in [0.717, 1.165) is 17.2 Å². The van der Waals surface area contributed by atoms with Gasteiger partial charge in [-0.3, -0.25) is 41.8 Å². The number of aliphatic hydroxyl groups is 2. The summed E-state index contributed by atoms with van der Waals surface area (Å²) in [5, 5.41) is 22.2. The number of hydrogen-bond acceptors (Lipinski definition) is 17. The Kier molecular flexibility index (Phi) is 7.09. The molecule has 10 atom stereocenters. The lowest BCUT2D eigenvalue weighted by Crippen LogP contribution is -2.36. The van der Waals surface area contributed by atoms with Crippen LogP contribution in [-0.4, -0.2) is 102 Å². The maximum absolute atomic E-state index is 13.3. The number of H-pyrrole nitrogens is 2. The van der Waals surface area contributed by atoms with E-state index in [1.807, 2.05) is 0 Å². The van der Waals surface area contributed by atoms with Crippen molar-refractivity contribution < 1.29 is 56.7 Å². The molecular formula is C20H23N9O14P2. The molecule has 0 aliphatic carbocycles. The number of rotatable bonds is 2. The number of nitrogen functional groups attached to an aromatic ring is 1. The Morgan fingerprint density at radius 3 is 2.13 bits per heavy atom. The fourth-order valence-corrected chi connectivity index (χ4v) is 7.25. The summed E-state index contributed by atoms with van der Waals surface area (Å²) < 4.78 is 60.4. The van der Waals surface area contributed by atoms with Gasteiger partial charge >= 0.3 is 15.6 Å². The largest absolute Gasteiger partial charge is 0.475 e. The summed E-state index contributed by atoms with van der Waals surface area (Å²) in [5.74, 6) is -0.0952. The maximum atomic E-state index is 13.3. The van der Waals surface area contributed by atoms with Crippen molar-refractivity contribution in [3.8, 4) is 0 Å². The van der Waals surface area contributed by atoms with Crippen molar-refractivity contribution >= 4 is 43.9 Å². The Balaban J connectivity index is 1.21. The van der Waals surface area contributed by atoms with E-state index in [9.17, 15) is 38.7 Å². The van der Waals surface area contributed by atoms with Crippen LogP contribution in [0.5, 0.6) is 0 Å². The van der Waals surface area contributed by atoms with Crippen LogP contribution in [0.4, 0.5) is 5.95 Å². The van der Waals surface area contributed by atoms with Crippen molar-refractivity contribution in [2.75, 3.05) is 12.3 Å².